The molecule has 0 aromatic heterocycles. The number of nitroso groups, excluding NO2 is 1. The Morgan fingerprint density at radius 2 is 2.10 bits per heavy atom. The Morgan fingerprint density at radius 1 is 1.40 bits per heavy atom. The number of carboxylic acids is 1. The van der Waals surface area contributed by atoms with Crippen LogP contribution < -0.4 is 11.1 Å². The van der Waals surface area contributed by atoms with E-state index in [1.54, 1.807) is 0 Å². The molecule has 0 aliphatic heterocycles. The van der Waals surface area contributed by atoms with Gasteiger partial charge in [-0.25, -0.2) is 4.79 Å². The van der Waals surface area contributed by atoms with E-state index in [1.807, 2.05) is 6.26 Å². The molecule has 0 bridgehead atoms. The first-order valence-electron chi connectivity index (χ1n) is 6.23. The number of carboxylic acid groups (broad SMARTS) is 1. The van der Waals surface area contributed by atoms with Gasteiger partial charge >= 0.3 is 5.97 Å². The third-order valence-electron chi connectivity index (χ3n) is 2.68. The summed E-state index contributed by atoms with van der Waals surface area (Å²) in [5, 5.41) is 11.6. The van der Waals surface area contributed by atoms with Crippen molar-refractivity contribution in [3.63, 3.8) is 0 Å². The van der Waals surface area contributed by atoms with E-state index in [0.717, 1.165) is 11.9 Å². The van der Waals surface area contributed by atoms with E-state index < -0.39 is 17.9 Å². The van der Waals surface area contributed by atoms with E-state index in [4.69, 9.17) is 10.8 Å². The fourth-order valence-electron chi connectivity index (χ4n) is 1.56. The Hall–Kier alpha value is -0.800. The summed E-state index contributed by atoms with van der Waals surface area (Å²) < 4.78 is 2.67. The lowest BCUT2D eigenvalue weighted by Gasteiger charge is -2.19. The Morgan fingerprint density at radius 3 is 2.60 bits per heavy atom. The molecule has 0 spiro atoms. The summed E-state index contributed by atoms with van der Waals surface area (Å²) in [5.41, 5.74) is 5.40. The van der Waals surface area contributed by atoms with Gasteiger partial charge in [0, 0.05) is 28.2 Å². The highest BCUT2D eigenvalue weighted by molar-refractivity contribution is 7.98. The van der Waals surface area contributed by atoms with Crippen molar-refractivity contribution in [3.05, 3.63) is 4.91 Å². The first-order chi connectivity index (χ1) is 9.56. The van der Waals surface area contributed by atoms with Crippen LogP contribution in [0.4, 0.5) is 0 Å². The van der Waals surface area contributed by atoms with Gasteiger partial charge in [0.2, 0.25) is 5.91 Å². The van der Waals surface area contributed by atoms with Gasteiger partial charge in [0.15, 0.2) is 0 Å². The van der Waals surface area contributed by atoms with E-state index in [0.29, 0.717) is 31.6 Å². The Kier molecular flexibility index (Phi) is 11.5. The van der Waals surface area contributed by atoms with Gasteiger partial charge in [-0.05, 0) is 37.8 Å². The Bertz CT molecular complexity index is 318. The zero-order valence-corrected chi connectivity index (χ0v) is 13.0. The SMILES string of the molecule is CSCC[C@H](NC(=O)[C@H](CCCN)CSN=O)C(=O)O. The van der Waals surface area contributed by atoms with Crippen LogP contribution in [0, 0.1) is 10.8 Å². The van der Waals surface area contributed by atoms with Crippen LogP contribution in [0.25, 0.3) is 0 Å². The number of hydrogen-bond donors (Lipinski definition) is 3. The molecule has 7 nitrogen and oxygen atoms in total. The first-order valence-corrected chi connectivity index (χ1v) is 8.57. The number of nitrogens with one attached hydrogen (secondary N) is 1. The highest BCUT2D eigenvalue weighted by Crippen LogP contribution is 2.15. The molecule has 0 aromatic rings. The molecule has 116 valence electrons. The summed E-state index contributed by atoms with van der Waals surface area (Å²) in [5.74, 6) is -0.967. The number of nitrogens with zero attached hydrogens (tertiary/aromatic N) is 1. The first kappa shape index (κ1) is 19.2. The van der Waals surface area contributed by atoms with Gasteiger partial charge in [0.25, 0.3) is 0 Å². The van der Waals surface area contributed by atoms with Gasteiger partial charge in [-0.3, -0.25) is 4.79 Å². The summed E-state index contributed by atoms with van der Waals surface area (Å²) in [6, 6.07) is -0.899. The van der Waals surface area contributed by atoms with Crippen LogP contribution in [0.2, 0.25) is 0 Å². The number of rotatable bonds is 12. The minimum absolute atomic E-state index is 0.240. The molecule has 20 heavy (non-hydrogen) atoms. The normalized spacial score (nSPS) is 13.5. The summed E-state index contributed by atoms with van der Waals surface area (Å²) in [4.78, 5) is 33.3. The predicted molar refractivity (Wildman–Crippen MR) is 82.6 cm³/mol. The quantitative estimate of drug-likeness (QED) is 0.363. The van der Waals surface area contributed by atoms with Crippen LogP contribution in [0.1, 0.15) is 19.3 Å². The second-order valence-electron chi connectivity index (χ2n) is 4.18. The lowest BCUT2D eigenvalue weighted by Crippen LogP contribution is -2.44. The number of hydrogen-bond acceptors (Lipinski definition) is 7. The minimum Gasteiger partial charge on any atom is -0.480 e. The van der Waals surface area contributed by atoms with Gasteiger partial charge in [0.05, 0.1) is 0 Å². The molecule has 0 heterocycles. The second-order valence-corrected chi connectivity index (χ2v) is 5.91. The van der Waals surface area contributed by atoms with Gasteiger partial charge in [-0.15, -0.1) is 4.91 Å². The van der Waals surface area contributed by atoms with Crippen molar-refractivity contribution in [2.24, 2.45) is 16.2 Å². The molecular weight excluding hydrogens is 302 g/mol. The average Bonchev–Trinajstić information content (AvgIpc) is 2.43. The fraction of sp³-hybridized carbons (Fsp3) is 0.818. The van der Waals surface area contributed by atoms with Crippen LogP contribution in [0.5, 0.6) is 0 Å². The highest BCUT2D eigenvalue weighted by Gasteiger charge is 2.24. The predicted octanol–water partition coefficient (Wildman–Crippen LogP) is 1.08. The number of aliphatic carboxylic acids is 1. The average molecular weight is 323 g/mol. The number of nitrogens with two attached hydrogens (primary N) is 1. The largest absolute Gasteiger partial charge is 0.480 e. The Labute approximate surface area is 126 Å². The molecular formula is C11H21N3O4S2. The van der Waals surface area contributed by atoms with E-state index in [9.17, 15) is 14.5 Å². The van der Waals surface area contributed by atoms with Gasteiger partial charge < -0.3 is 16.2 Å². The molecule has 0 fully saturated rings. The summed E-state index contributed by atoms with van der Waals surface area (Å²) in [6.45, 7) is 0.442. The fourth-order valence-corrected chi connectivity index (χ4v) is 2.59. The summed E-state index contributed by atoms with van der Waals surface area (Å²) in [6.07, 6.45) is 3.39. The molecule has 2 atom stereocenters. The van der Waals surface area contributed by atoms with Crippen LogP contribution >= 0.6 is 23.7 Å². The zero-order valence-electron chi connectivity index (χ0n) is 11.4. The summed E-state index contributed by atoms with van der Waals surface area (Å²) >= 11 is 2.28. The third-order valence-corrected chi connectivity index (χ3v) is 3.98. The molecule has 0 rings (SSSR count). The maximum Gasteiger partial charge on any atom is 0.326 e. The highest BCUT2D eigenvalue weighted by atomic mass is 32.2. The number of amides is 1. The standard InChI is InChI=1S/C11H21N3O4S2/c1-19-6-4-9(11(16)17)13-10(15)8(3-2-5-12)7-20-14-18/h8-9H,2-7,12H2,1H3,(H,13,15)(H,16,17)/t8-,9+/m1/s1. The van der Waals surface area contributed by atoms with Gasteiger partial charge in [0.1, 0.15) is 6.04 Å². The van der Waals surface area contributed by atoms with Crippen molar-refractivity contribution < 1.29 is 14.7 Å². The van der Waals surface area contributed by atoms with E-state index in [2.05, 4.69) is 9.90 Å². The molecule has 0 saturated carbocycles. The smallest absolute Gasteiger partial charge is 0.326 e. The Balaban J connectivity index is 4.50. The monoisotopic (exact) mass is 323 g/mol. The van der Waals surface area contributed by atoms with Crippen LogP contribution in [0.3, 0.4) is 0 Å². The molecule has 0 aliphatic rings. The molecule has 9 heteroatoms. The molecule has 1 amide bonds. The third kappa shape index (κ3) is 8.39. The van der Waals surface area contributed by atoms with Crippen molar-refractivity contribution in [3.8, 4) is 0 Å². The molecule has 4 N–H and O–H groups in total. The van der Waals surface area contributed by atoms with Crippen molar-refractivity contribution in [1.29, 1.82) is 0 Å². The van der Waals surface area contributed by atoms with Crippen LogP contribution in [-0.2, 0) is 9.59 Å². The van der Waals surface area contributed by atoms with Crippen molar-refractivity contribution >= 4 is 35.6 Å². The molecule has 0 unspecified atom stereocenters. The maximum absolute atomic E-state index is 12.1. The lowest BCUT2D eigenvalue weighted by molar-refractivity contribution is -0.142. The topological polar surface area (TPSA) is 122 Å². The molecule has 0 aromatic carbocycles. The van der Waals surface area contributed by atoms with E-state index in [-0.39, 0.29) is 11.7 Å². The van der Waals surface area contributed by atoms with Crippen molar-refractivity contribution in [2.45, 2.75) is 25.3 Å². The zero-order chi connectivity index (χ0) is 15.4. The molecule has 0 radical (unpaired) electrons. The lowest BCUT2D eigenvalue weighted by atomic mass is 10.0. The number of carbonyl (C=O) groups excluding carboxylic acids is 1. The van der Waals surface area contributed by atoms with Crippen molar-refractivity contribution in [1.82, 2.24) is 5.32 Å². The second kappa shape index (κ2) is 12.0. The molecule has 0 aliphatic carbocycles. The molecule has 0 saturated heterocycles. The maximum atomic E-state index is 12.1. The van der Waals surface area contributed by atoms with E-state index in [1.165, 1.54) is 11.8 Å². The van der Waals surface area contributed by atoms with Crippen LogP contribution in [0.15, 0.2) is 4.58 Å². The van der Waals surface area contributed by atoms with Crippen molar-refractivity contribution in [2.75, 3.05) is 24.3 Å². The minimum atomic E-state index is -1.05. The van der Waals surface area contributed by atoms with E-state index >= 15 is 0 Å². The number of thioether (sulfide) groups is 1. The number of carbonyl (C=O) groups is 2. The van der Waals surface area contributed by atoms with Gasteiger partial charge in [-0.2, -0.15) is 11.8 Å². The van der Waals surface area contributed by atoms with Crippen LogP contribution in [-0.4, -0.2) is 47.3 Å². The van der Waals surface area contributed by atoms with Gasteiger partial charge in [-0.1, -0.05) is 0 Å². The summed E-state index contributed by atoms with van der Waals surface area (Å²) in [7, 11) is 0.